The number of nitrogens with zero attached hydrogens (tertiary/aromatic N) is 3. The molecule has 0 atom stereocenters. The number of hydrogen-bond acceptors (Lipinski definition) is 4. The van der Waals surface area contributed by atoms with Crippen molar-refractivity contribution in [3.63, 3.8) is 0 Å². The van der Waals surface area contributed by atoms with Gasteiger partial charge in [0.25, 0.3) is 0 Å². The van der Waals surface area contributed by atoms with Crippen LogP contribution in [0.4, 0.5) is 0 Å². The molecule has 0 unspecified atom stereocenters. The predicted octanol–water partition coefficient (Wildman–Crippen LogP) is 0.864. The summed E-state index contributed by atoms with van der Waals surface area (Å²) in [7, 11) is 0. The Morgan fingerprint density at radius 2 is 2.23 bits per heavy atom. The number of fused-ring (bicyclic) bond motifs is 1. The van der Waals surface area contributed by atoms with Crippen molar-refractivity contribution in [3.8, 4) is 0 Å². The molecule has 2 rings (SSSR count). The van der Waals surface area contributed by atoms with Gasteiger partial charge in [-0.2, -0.15) is 15.4 Å². The van der Waals surface area contributed by atoms with Crippen molar-refractivity contribution in [1.82, 2.24) is 15.4 Å². The van der Waals surface area contributed by atoms with E-state index in [1.54, 1.807) is 12.1 Å². The van der Waals surface area contributed by atoms with Crippen molar-refractivity contribution >= 4 is 16.9 Å². The number of hydrogen-bond donors (Lipinski definition) is 1. The smallest absolute Gasteiger partial charge is 0.263 e. The summed E-state index contributed by atoms with van der Waals surface area (Å²) < 4.78 is 0. The minimum absolute atomic E-state index is 0.168. The first-order valence-electron chi connectivity index (χ1n) is 3.50. The lowest BCUT2D eigenvalue weighted by Crippen LogP contribution is -1.94. The Balaban J connectivity index is 2.74. The summed E-state index contributed by atoms with van der Waals surface area (Å²) in [5, 5.41) is 12.2. The zero-order valence-electron chi connectivity index (χ0n) is 6.39. The third-order valence-electron chi connectivity index (χ3n) is 1.66. The van der Waals surface area contributed by atoms with Crippen LogP contribution in [0, 0.1) is 4.91 Å². The fourth-order valence-electron chi connectivity index (χ4n) is 1.09. The molecule has 1 aromatic heterocycles. The lowest BCUT2D eigenvalue weighted by atomic mass is 10.2. The van der Waals surface area contributed by atoms with Crippen molar-refractivity contribution in [2.75, 3.05) is 0 Å². The molecule has 0 fully saturated rings. The quantitative estimate of drug-likeness (QED) is 0.652. The van der Waals surface area contributed by atoms with E-state index in [4.69, 9.17) is 0 Å². The Bertz CT molecular complexity index is 476. The molecule has 0 saturated carbocycles. The number of nitrogens with one attached hydrogen (secondary N) is 1. The summed E-state index contributed by atoms with van der Waals surface area (Å²) in [6.45, 7) is 0. The number of amides is 1. The van der Waals surface area contributed by atoms with E-state index in [-0.39, 0.29) is 5.56 Å². The van der Waals surface area contributed by atoms with Gasteiger partial charge in [0.2, 0.25) is 0 Å². The van der Waals surface area contributed by atoms with Gasteiger partial charge in [-0.15, -0.1) is 4.91 Å². The zero-order valence-corrected chi connectivity index (χ0v) is 6.39. The molecule has 2 aromatic rings. The molecule has 0 radical (unpaired) electrons. The normalized spacial score (nSPS) is 10.2. The monoisotopic (exact) mass is 176 g/mol. The molecule has 1 aromatic carbocycles. The van der Waals surface area contributed by atoms with Crippen molar-refractivity contribution in [3.05, 3.63) is 28.7 Å². The van der Waals surface area contributed by atoms with Gasteiger partial charge in [0.05, 0.1) is 5.56 Å². The van der Waals surface area contributed by atoms with Crippen LogP contribution in [-0.4, -0.2) is 21.3 Å². The Labute approximate surface area is 71.9 Å². The lowest BCUT2D eigenvalue weighted by molar-refractivity contribution is 0.100. The summed E-state index contributed by atoms with van der Waals surface area (Å²) in [6.07, 6.45) is 0. The topological polar surface area (TPSA) is 88.1 Å². The van der Waals surface area contributed by atoms with E-state index in [0.29, 0.717) is 11.0 Å². The van der Waals surface area contributed by atoms with Gasteiger partial charge >= 0.3 is 5.91 Å². The second-order valence-corrected chi connectivity index (χ2v) is 2.39. The van der Waals surface area contributed by atoms with Crippen LogP contribution in [0.1, 0.15) is 10.4 Å². The highest BCUT2D eigenvalue weighted by Crippen LogP contribution is 2.13. The standard InChI is InChI=1S/C7H4N4O2/c12-7(10-13)4-2-1-3-5-6(4)9-11-8-5/h1-3H,(H,8,9,11). The maximum Gasteiger partial charge on any atom is 0.319 e. The SMILES string of the molecule is O=NC(=O)c1cccc2n[nH]nc12. The summed E-state index contributed by atoms with van der Waals surface area (Å²) in [6, 6.07) is 4.78. The molecule has 0 spiro atoms. The highest BCUT2D eigenvalue weighted by atomic mass is 16.3. The molecule has 0 aliphatic carbocycles. The Hall–Kier alpha value is -2.11. The molecule has 0 aliphatic heterocycles. The third kappa shape index (κ3) is 1.08. The Kier molecular flexibility index (Phi) is 1.59. The van der Waals surface area contributed by atoms with Crippen LogP contribution in [-0.2, 0) is 0 Å². The fourth-order valence-corrected chi connectivity index (χ4v) is 1.09. The average molecular weight is 176 g/mol. The Morgan fingerprint density at radius 3 is 3.00 bits per heavy atom. The van der Waals surface area contributed by atoms with Gasteiger partial charge in [-0.3, -0.25) is 4.79 Å². The van der Waals surface area contributed by atoms with Crippen molar-refractivity contribution < 1.29 is 4.79 Å². The number of rotatable bonds is 1. The first-order valence-corrected chi connectivity index (χ1v) is 3.50. The van der Waals surface area contributed by atoms with Crippen molar-refractivity contribution in [1.29, 1.82) is 0 Å². The van der Waals surface area contributed by atoms with Gasteiger partial charge in [0.15, 0.2) is 0 Å². The van der Waals surface area contributed by atoms with Gasteiger partial charge in [-0.1, -0.05) is 6.07 Å². The molecule has 0 aliphatic rings. The second kappa shape index (κ2) is 2.74. The molecular weight excluding hydrogens is 172 g/mol. The van der Waals surface area contributed by atoms with E-state index in [1.807, 2.05) is 0 Å². The molecule has 64 valence electrons. The van der Waals surface area contributed by atoms with Gasteiger partial charge < -0.3 is 0 Å². The number of aromatic amines is 1. The largest absolute Gasteiger partial charge is 0.319 e. The van der Waals surface area contributed by atoms with Crippen molar-refractivity contribution in [2.45, 2.75) is 0 Å². The first kappa shape index (κ1) is 7.53. The minimum atomic E-state index is -0.834. The molecule has 6 heteroatoms. The highest BCUT2D eigenvalue weighted by Gasteiger charge is 2.12. The van der Waals surface area contributed by atoms with Crippen LogP contribution < -0.4 is 0 Å². The van der Waals surface area contributed by atoms with E-state index in [0.717, 1.165) is 0 Å². The molecule has 13 heavy (non-hydrogen) atoms. The van der Waals surface area contributed by atoms with Crippen molar-refractivity contribution in [2.24, 2.45) is 5.18 Å². The second-order valence-electron chi connectivity index (χ2n) is 2.39. The first-order chi connectivity index (χ1) is 6.33. The van der Waals surface area contributed by atoms with Gasteiger partial charge in [0, 0.05) is 5.18 Å². The van der Waals surface area contributed by atoms with Crippen LogP contribution in [0.15, 0.2) is 23.4 Å². The van der Waals surface area contributed by atoms with E-state index in [2.05, 4.69) is 20.6 Å². The van der Waals surface area contributed by atoms with Crippen LogP contribution in [0.2, 0.25) is 0 Å². The van der Waals surface area contributed by atoms with Crippen LogP contribution in [0.5, 0.6) is 0 Å². The molecule has 0 bridgehead atoms. The average Bonchev–Trinajstić information content (AvgIpc) is 2.63. The van der Waals surface area contributed by atoms with Gasteiger partial charge in [-0.25, -0.2) is 0 Å². The number of benzene rings is 1. The Morgan fingerprint density at radius 1 is 1.38 bits per heavy atom. The van der Waals surface area contributed by atoms with Gasteiger partial charge in [0.1, 0.15) is 11.0 Å². The number of nitroso groups, excluding NO2 is 1. The molecule has 6 nitrogen and oxygen atoms in total. The maximum atomic E-state index is 11.0. The van der Waals surface area contributed by atoms with Crippen LogP contribution in [0.3, 0.4) is 0 Å². The summed E-state index contributed by atoms with van der Waals surface area (Å²) in [5.74, 6) is -0.834. The third-order valence-corrected chi connectivity index (χ3v) is 1.66. The van der Waals surface area contributed by atoms with E-state index >= 15 is 0 Å². The highest BCUT2D eigenvalue weighted by molar-refractivity contribution is 6.04. The molecule has 0 saturated heterocycles. The number of para-hydroxylation sites is 1. The van der Waals surface area contributed by atoms with Gasteiger partial charge in [-0.05, 0) is 12.1 Å². The summed E-state index contributed by atoms with van der Waals surface area (Å²) in [4.78, 5) is 21.0. The lowest BCUT2D eigenvalue weighted by Gasteiger charge is -1.91. The minimum Gasteiger partial charge on any atom is -0.263 e. The molecule has 1 N–H and O–H groups in total. The van der Waals surface area contributed by atoms with E-state index in [1.165, 1.54) is 6.07 Å². The number of carbonyl (C=O) groups excluding carboxylic acids is 1. The number of carbonyl (C=O) groups is 1. The number of H-pyrrole nitrogens is 1. The molecule has 1 heterocycles. The van der Waals surface area contributed by atoms with E-state index in [9.17, 15) is 9.70 Å². The fraction of sp³-hybridized carbons (Fsp3) is 0. The predicted molar refractivity (Wildman–Crippen MR) is 44.0 cm³/mol. The molecule has 1 amide bonds. The summed E-state index contributed by atoms with van der Waals surface area (Å²) in [5.41, 5.74) is 1.07. The molecular formula is C7H4N4O2. The summed E-state index contributed by atoms with van der Waals surface area (Å²) >= 11 is 0. The van der Waals surface area contributed by atoms with Crippen LogP contribution >= 0.6 is 0 Å². The van der Waals surface area contributed by atoms with E-state index < -0.39 is 5.91 Å². The zero-order chi connectivity index (χ0) is 9.26. The maximum absolute atomic E-state index is 11.0. The van der Waals surface area contributed by atoms with Crippen LogP contribution in [0.25, 0.3) is 11.0 Å². The number of aromatic nitrogens is 3.